The van der Waals surface area contributed by atoms with E-state index in [0.717, 1.165) is 6.16 Å². The van der Waals surface area contributed by atoms with Gasteiger partial charge < -0.3 is 12.2 Å². The lowest BCUT2D eigenvalue weighted by atomic mass is 10.0. The van der Waals surface area contributed by atoms with Gasteiger partial charge in [-0.1, -0.05) is 20.8 Å². The third kappa shape index (κ3) is 6.29. The maximum atomic E-state index is 5.03. The summed E-state index contributed by atoms with van der Waals surface area (Å²) in [6, 6.07) is 0. The highest BCUT2D eigenvalue weighted by Gasteiger charge is 2.14. The topological polar surface area (TPSA) is 38.4 Å². The normalized spacial score (nSPS) is 14.1. The molecule has 2 N–H and O–H groups in total. The maximum absolute atomic E-state index is 5.03. The molecule has 0 rings (SSSR count). The van der Waals surface area contributed by atoms with Gasteiger partial charge in [0.2, 0.25) is 0 Å². The number of rotatable bonds is 1. The van der Waals surface area contributed by atoms with E-state index in [0.29, 0.717) is 0 Å². The summed E-state index contributed by atoms with van der Waals surface area (Å²) in [5.74, 6) is 5.03. The molecule has 0 fully saturated rings. The molecule has 0 bridgehead atoms. The summed E-state index contributed by atoms with van der Waals surface area (Å²) in [6.07, 6.45) is 0.939. The number of nitrogens with two attached hydrogens (primary N) is 1. The van der Waals surface area contributed by atoms with Crippen LogP contribution in [0.1, 0.15) is 20.8 Å². The smallest absolute Gasteiger partial charge is 0.112 e. The molecule has 1 unspecified atom stereocenters. The van der Waals surface area contributed by atoms with Crippen LogP contribution in [0, 0.1) is 5.41 Å². The third-order valence-corrected chi connectivity index (χ3v) is 2.89. The van der Waals surface area contributed by atoms with Gasteiger partial charge in [-0.05, 0) is 4.85 Å². The second kappa shape index (κ2) is 3.55. The van der Waals surface area contributed by atoms with Crippen LogP contribution in [0.2, 0.25) is 0 Å². The molecule has 0 aliphatic heterocycles. The molecule has 0 aromatic heterocycles. The number of nitrogens with zero attached hydrogens (tertiary/aromatic N) is 1. The second-order valence-corrected chi connectivity index (χ2v) is 5.70. The average molecular weight is 164 g/mol. The molecule has 0 heterocycles. The highest BCUT2D eigenvalue weighted by Crippen LogP contribution is 2.30. The van der Waals surface area contributed by atoms with Crippen LogP contribution in [0.3, 0.4) is 0 Å². The Bertz CT molecular complexity index is 117. The monoisotopic (exact) mass is 164 g/mol. The van der Waals surface area contributed by atoms with Crippen LogP contribution in [-0.4, -0.2) is 6.16 Å². The van der Waals surface area contributed by atoms with Crippen molar-refractivity contribution in [2.45, 2.75) is 20.8 Å². The summed E-state index contributed by atoms with van der Waals surface area (Å²) in [5.41, 5.74) is 0.274. The number of hydrogen-bond donors (Lipinski definition) is 1. The molecular weight excluding hydrogens is 151 g/mol. The molecule has 0 aromatic carbocycles. The molecular formula is C5H13N2PS. The van der Waals surface area contributed by atoms with E-state index in [-0.39, 0.29) is 5.41 Å². The zero-order chi connectivity index (χ0) is 7.49. The van der Waals surface area contributed by atoms with Crippen molar-refractivity contribution >= 4 is 19.2 Å². The second-order valence-electron chi connectivity index (χ2n) is 3.19. The molecule has 0 radical (unpaired) electrons. The predicted octanol–water partition coefficient (Wildman–Crippen LogP) is 2.03. The fourth-order valence-corrected chi connectivity index (χ4v) is 2.50. The first-order chi connectivity index (χ1) is 3.95. The highest BCUT2D eigenvalue weighted by atomic mass is 32.7. The molecule has 0 aromatic rings. The van der Waals surface area contributed by atoms with Crippen molar-refractivity contribution < 1.29 is 0 Å². The first-order valence-electron chi connectivity index (χ1n) is 2.81. The first-order valence-corrected chi connectivity index (χ1v) is 5.30. The molecule has 0 aliphatic rings. The van der Waals surface area contributed by atoms with E-state index in [4.69, 9.17) is 18.1 Å². The minimum Gasteiger partial charge on any atom is -0.467 e. The lowest BCUT2D eigenvalue weighted by Crippen LogP contribution is -2.07. The van der Waals surface area contributed by atoms with Gasteiger partial charge in [0, 0.05) is 5.41 Å². The van der Waals surface area contributed by atoms with E-state index >= 15 is 0 Å². The summed E-state index contributed by atoms with van der Waals surface area (Å²) < 4.78 is 0. The Balaban J connectivity index is 3.75. The quantitative estimate of drug-likeness (QED) is 0.279. The van der Waals surface area contributed by atoms with Crippen LogP contribution in [0.15, 0.2) is 4.85 Å². The van der Waals surface area contributed by atoms with Crippen molar-refractivity contribution in [1.29, 1.82) is 0 Å². The van der Waals surface area contributed by atoms with Crippen LogP contribution in [0.4, 0.5) is 0 Å². The molecule has 2 nitrogen and oxygen atoms in total. The van der Waals surface area contributed by atoms with E-state index in [2.05, 4.69) is 25.6 Å². The van der Waals surface area contributed by atoms with E-state index in [1.165, 1.54) is 0 Å². The molecule has 0 saturated heterocycles. The largest absolute Gasteiger partial charge is 0.467 e. The van der Waals surface area contributed by atoms with E-state index in [1.54, 1.807) is 0 Å². The van der Waals surface area contributed by atoms with Crippen molar-refractivity contribution in [3.63, 3.8) is 0 Å². The molecule has 54 valence electrons. The Labute approximate surface area is 62.8 Å². The lowest BCUT2D eigenvalue weighted by Gasteiger charge is -2.13. The fourth-order valence-electron chi connectivity index (χ4n) is 0.447. The zero-order valence-corrected chi connectivity index (χ0v) is 7.80. The minimum atomic E-state index is -0.680. The van der Waals surface area contributed by atoms with Gasteiger partial charge >= 0.3 is 0 Å². The minimum absolute atomic E-state index is 0.274. The van der Waals surface area contributed by atoms with Crippen molar-refractivity contribution in [3.05, 3.63) is 0 Å². The third-order valence-electron chi connectivity index (χ3n) is 0.738. The van der Waals surface area contributed by atoms with Crippen molar-refractivity contribution in [2.75, 3.05) is 6.16 Å². The Morgan fingerprint density at radius 3 is 2.11 bits per heavy atom. The Morgan fingerprint density at radius 2 is 2.00 bits per heavy atom. The summed E-state index contributed by atoms with van der Waals surface area (Å²) in [6.45, 7) is 5.74. The predicted molar refractivity (Wildman–Crippen MR) is 45.2 cm³/mol. The van der Waals surface area contributed by atoms with Gasteiger partial charge in [-0.3, -0.25) is 0 Å². The van der Waals surface area contributed by atoms with Crippen LogP contribution < -0.4 is 5.84 Å². The van der Waals surface area contributed by atoms with E-state index in [9.17, 15) is 0 Å². The van der Waals surface area contributed by atoms with Gasteiger partial charge in [0.05, 0.1) is 6.92 Å². The van der Waals surface area contributed by atoms with Gasteiger partial charge in [-0.2, -0.15) is 5.84 Å². The maximum Gasteiger partial charge on any atom is 0.112 e. The molecule has 9 heavy (non-hydrogen) atoms. The summed E-state index contributed by atoms with van der Waals surface area (Å²) >= 11 is 4.96. The zero-order valence-electron chi connectivity index (χ0n) is 6.09. The van der Waals surface area contributed by atoms with E-state index < -0.39 is 6.92 Å². The molecule has 0 saturated carbocycles. The van der Waals surface area contributed by atoms with E-state index in [1.807, 2.05) is 0 Å². The van der Waals surface area contributed by atoms with Crippen molar-refractivity contribution in [1.82, 2.24) is 0 Å². The van der Waals surface area contributed by atoms with Crippen LogP contribution in [0.5, 0.6) is 0 Å². The van der Waals surface area contributed by atoms with Crippen LogP contribution >= 0.6 is 6.92 Å². The standard InChI is InChI=1S/C5H13N2PS/c1-5(2,3)4-8(9)7-6/h4,6H2,1-3H3. The Morgan fingerprint density at radius 1 is 1.56 bits per heavy atom. The summed E-state index contributed by atoms with van der Waals surface area (Å²) in [4.78, 5) is 3.55. The Hall–Kier alpha value is 0.410. The lowest BCUT2D eigenvalue weighted by molar-refractivity contribution is 0.479. The Kier molecular flexibility index (Phi) is 3.71. The molecule has 1 atom stereocenters. The van der Waals surface area contributed by atoms with Gasteiger partial charge in [-0.25, -0.2) is 0 Å². The highest BCUT2D eigenvalue weighted by molar-refractivity contribution is 8.28. The molecule has 4 heteroatoms. The van der Waals surface area contributed by atoms with Crippen LogP contribution in [0.25, 0.3) is 0 Å². The molecule has 0 aliphatic carbocycles. The van der Waals surface area contributed by atoms with Gasteiger partial charge in [0.15, 0.2) is 0 Å². The van der Waals surface area contributed by atoms with Crippen molar-refractivity contribution in [3.8, 4) is 0 Å². The first kappa shape index (κ1) is 9.41. The van der Waals surface area contributed by atoms with Gasteiger partial charge in [-0.15, -0.1) is 0 Å². The molecule has 0 spiro atoms. The summed E-state index contributed by atoms with van der Waals surface area (Å²) in [7, 11) is 0. The van der Waals surface area contributed by atoms with Crippen LogP contribution in [-0.2, 0) is 12.2 Å². The van der Waals surface area contributed by atoms with Gasteiger partial charge in [0.1, 0.15) is 6.16 Å². The SMILES string of the molecule is CC(C)(C)C[P+]([S-])=NN. The average Bonchev–Trinajstić information content (AvgIpc) is 1.62. The fraction of sp³-hybridized carbons (Fsp3) is 1.00. The summed E-state index contributed by atoms with van der Waals surface area (Å²) in [5, 5.41) is 0. The van der Waals surface area contributed by atoms with Crippen molar-refractivity contribution in [2.24, 2.45) is 16.1 Å². The molecule has 0 amide bonds. The number of hydrogen-bond acceptors (Lipinski definition) is 2. The van der Waals surface area contributed by atoms with Gasteiger partial charge in [0.25, 0.3) is 0 Å².